The molecule has 1 aromatic carbocycles. The molecular formula is C19H26N2O4. The SMILES string of the molecule is CCOC(=O)[C@H]1OC(C2CCC=CC2C)O[C@@H]1c1c(N)cccc1N. The maximum Gasteiger partial charge on any atom is 0.338 e. The van der Waals surface area contributed by atoms with Crippen LogP contribution in [0.15, 0.2) is 30.4 Å². The standard InChI is InChI=1S/C19H26N2O4/c1-3-23-18(22)17-16(15-13(20)9-6-10-14(15)21)24-19(25-17)12-8-5-4-7-11(12)2/h4,6-7,9-12,16-17,19H,3,5,8,20-21H2,1-2H3/t11?,12?,16-,17+,19?/m1/s1. The number of nitrogen functional groups attached to an aromatic ring is 2. The van der Waals surface area contributed by atoms with Crippen LogP contribution in [0.3, 0.4) is 0 Å². The molecule has 136 valence electrons. The zero-order valence-electron chi connectivity index (χ0n) is 14.7. The van der Waals surface area contributed by atoms with E-state index in [9.17, 15) is 4.79 Å². The normalized spacial score (nSPS) is 31.8. The number of allylic oxidation sites excluding steroid dienone is 2. The minimum absolute atomic E-state index is 0.179. The first-order valence-electron chi connectivity index (χ1n) is 8.81. The Morgan fingerprint density at radius 2 is 2.00 bits per heavy atom. The number of benzene rings is 1. The second-order valence-electron chi connectivity index (χ2n) is 6.61. The fourth-order valence-corrected chi connectivity index (χ4v) is 3.61. The van der Waals surface area contributed by atoms with E-state index in [1.54, 1.807) is 25.1 Å². The first-order chi connectivity index (χ1) is 12.0. The lowest BCUT2D eigenvalue weighted by Gasteiger charge is -2.29. The summed E-state index contributed by atoms with van der Waals surface area (Å²) in [6, 6.07) is 5.27. The molecule has 3 unspecified atom stereocenters. The number of carbonyl (C=O) groups excluding carboxylic acids is 1. The lowest BCUT2D eigenvalue weighted by Crippen LogP contribution is -2.31. The van der Waals surface area contributed by atoms with Crippen molar-refractivity contribution in [2.24, 2.45) is 11.8 Å². The van der Waals surface area contributed by atoms with E-state index in [1.807, 2.05) is 0 Å². The predicted molar refractivity (Wildman–Crippen MR) is 95.4 cm³/mol. The average molecular weight is 346 g/mol. The summed E-state index contributed by atoms with van der Waals surface area (Å²) >= 11 is 0. The molecule has 4 N–H and O–H groups in total. The molecule has 0 amide bonds. The molecule has 0 aromatic heterocycles. The zero-order valence-corrected chi connectivity index (χ0v) is 14.7. The fraction of sp³-hybridized carbons (Fsp3) is 0.526. The number of hydrogen-bond donors (Lipinski definition) is 2. The van der Waals surface area contributed by atoms with Crippen LogP contribution < -0.4 is 11.5 Å². The van der Waals surface area contributed by atoms with E-state index >= 15 is 0 Å². The van der Waals surface area contributed by atoms with Crippen molar-refractivity contribution in [2.75, 3.05) is 18.1 Å². The van der Waals surface area contributed by atoms with E-state index in [1.165, 1.54) is 0 Å². The first kappa shape index (κ1) is 17.8. The maximum atomic E-state index is 12.4. The summed E-state index contributed by atoms with van der Waals surface area (Å²) in [5, 5.41) is 0. The van der Waals surface area contributed by atoms with Gasteiger partial charge in [0, 0.05) is 22.9 Å². The molecular weight excluding hydrogens is 320 g/mol. The summed E-state index contributed by atoms with van der Waals surface area (Å²) in [6.07, 6.45) is 4.24. The van der Waals surface area contributed by atoms with Gasteiger partial charge in [-0.15, -0.1) is 0 Å². The molecule has 5 atom stereocenters. The van der Waals surface area contributed by atoms with Gasteiger partial charge < -0.3 is 25.7 Å². The molecule has 1 aliphatic carbocycles. The van der Waals surface area contributed by atoms with Crippen molar-refractivity contribution in [3.63, 3.8) is 0 Å². The van der Waals surface area contributed by atoms with E-state index in [0.717, 1.165) is 12.8 Å². The van der Waals surface area contributed by atoms with Crippen molar-refractivity contribution in [1.29, 1.82) is 0 Å². The number of hydrogen-bond acceptors (Lipinski definition) is 6. The van der Waals surface area contributed by atoms with Gasteiger partial charge in [0.2, 0.25) is 0 Å². The quantitative estimate of drug-likeness (QED) is 0.494. The van der Waals surface area contributed by atoms with Gasteiger partial charge in [-0.3, -0.25) is 0 Å². The average Bonchev–Trinajstić information content (AvgIpc) is 3.00. The number of nitrogens with two attached hydrogens (primary N) is 2. The zero-order chi connectivity index (χ0) is 18.0. The van der Waals surface area contributed by atoms with Gasteiger partial charge in [0.1, 0.15) is 6.10 Å². The minimum atomic E-state index is -0.866. The summed E-state index contributed by atoms with van der Waals surface area (Å²) in [5.74, 6) is 0.0422. The highest BCUT2D eigenvalue weighted by molar-refractivity contribution is 5.78. The molecule has 0 radical (unpaired) electrons. The van der Waals surface area contributed by atoms with Crippen LogP contribution in [-0.4, -0.2) is 25.0 Å². The van der Waals surface area contributed by atoms with E-state index in [0.29, 0.717) is 22.9 Å². The summed E-state index contributed by atoms with van der Waals surface area (Å²) in [6.45, 7) is 4.17. The molecule has 6 heteroatoms. The minimum Gasteiger partial charge on any atom is -0.464 e. The molecule has 3 rings (SSSR count). The van der Waals surface area contributed by atoms with Gasteiger partial charge in [-0.1, -0.05) is 25.1 Å². The molecule has 0 saturated carbocycles. The molecule has 0 bridgehead atoms. The highest BCUT2D eigenvalue weighted by Gasteiger charge is 2.47. The summed E-state index contributed by atoms with van der Waals surface area (Å²) in [7, 11) is 0. The molecule has 1 aromatic rings. The van der Waals surface area contributed by atoms with Crippen molar-refractivity contribution in [1.82, 2.24) is 0 Å². The third-order valence-electron chi connectivity index (χ3n) is 4.94. The Bertz CT molecular complexity index is 641. The molecule has 1 saturated heterocycles. The Balaban J connectivity index is 1.91. The second-order valence-corrected chi connectivity index (χ2v) is 6.61. The van der Waals surface area contributed by atoms with Crippen LogP contribution in [0, 0.1) is 11.8 Å². The molecule has 0 spiro atoms. The van der Waals surface area contributed by atoms with Gasteiger partial charge in [-0.05, 0) is 37.8 Å². The Morgan fingerprint density at radius 3 is 2.64 bits per heavy atom. The van der Waals surface area contributed by atoms with Gasteiger partial charge in [0.15, 0.2) is 12.4 Å². The number of anilines is 2. The summed E-state index contributed by atoms with van der Waals surface area (Å²) < 4.78 is 17.4. The van der Waals surface area contributed by atoms with E-state index < -0.39 is 24.5 Å². The Hall–Kier alpha value is -2.05. The fourth-order valence-electron chi connectivity index (χ4n) is 3.61. The Labute approximate surface area is 148 Å². The van der Waals surface area contributed by atoms with E-state index in [2.05, 4.69) is 19.1 Å². The van der Waals surface area contributed by atoms with Crippen LogP contribution in [0.25, 0.3) is 0 Å². The molecule has 1 heterocycles. The van der Waals surface area contributed by atoms with Gasteiger partial charge in [0.05, 0.1) is 6.61 Å². The highest BCUT2D eigenvalue weighted by atomic mass is 16.7. The van der Waals surface area contributed by atoms with Gasteiger partial charge >= 0.3 is 5.97 Å². The Morgan fingerprint density at radius 1 is 1.28 bits per heavy atom. The topological polar surface area (TPSA) is 96.8 Å². The van der Waals surface area contributed by atoms with Crippen LogP contribution in [-0.2, 0) is 19.0 Å². The van der Waals surface area contributed by atoms with Gasteiger partial charge in [-0.2, -0.15) is 0 Å². The van der Waals surface area contributed by atoms with Crippen LogP contribution >= 0.6 is 0 Å². The highest BCUT2D eigenvalue weighted by Crippen LogP contribution is 2.43. The monoisotopic (exact) mass is 346 g/mol. The predicted octanol–water partition coefficient (Wildman–Crippen LogP) is 2.80. The second kappa shape index (κ2) is 7.45. The molecule has 6 nitrogen and oxygen atoms in total. The van der Waals surface area contributed by atoms with Crippen LogP contribution in [0.2, 0.25) is 0 Å². The number of rotatable bonds is 4. The molecule has 2 aliphatic rings. The van der Waals surface area contributed by atoms with Crippen molar-refractivity contribution in [2.45, 2.75) is 45.2 Å². The summed E-state index contributed by atoms with van der Waals surface area (Å²) in [5.41, 5.74) is 13.8. The van der Waals surface area contributed by atoms with Gasteiger partial charge in [0.25, 0.3) is 0 Å². The van der Waals surface area contributed by atoms with E-state index in [-0.39, 0.29) is 12.5 Å². The number of ether oxygens (including phenoxy) is 3. The number of carbonyl (C=O) groups is 1. The van der Waals surface area contributed by atoms with Crippen molar-refractivity contribution >= 4 is 17.3 Å². The van der Waals surface area contributed by atoms with E-state index in [4.69, 9.17) is 25.7 Å². The lowest BCUT2D eigenvalue weighted by molar-refractivity contribution is -0.161. The van der Waals surface area contributed by atoms with Crippen LogP contribution in [0.4, 0.5) is 11.4 Å². The Kier molecular flexibility index (Phi) is 5.30. The molecule has 1 aliphatic heterocycles. The lowest BCUT2D eigenvalue weighted by atomic mass is 9.85. The summed E-state index contributed by atoms with van der Waals surface area (Å²) in [4.78, 5) is 12.4. The van der Waals surface area contributed by atoms with Crippen molar-refractivity contribution < 1.29 is 19.0 Å². The third kappa shape index (κ3) is 3.50. The molecule has 25 heavy (non-hydrogen) atoms. The smallest absolute Gasteiger partial charge is 0.338 e. The van der Waals surface area contributed by atoms with Crippen molar-refractivity contribution in [3.8, 4) is 0 Å². The number of esters is 1. The van der Waals surface area contributed by atoms with Crippen LogP contribution in [0.1, 0.15) is 38.4 Å². The largest absolute Gasteiger partial charge is 0.464 e. The van der Waals surface area contributed by atoms with Gasteiger partial charge in [-0.25, -0.2) is 4.79 Å². The van der Waals surface area contributed by atoms with Crippen LogP contribution in [0.5, 0.6) is 0 Å². The van der Waals surface area contributed by atoms with Crippen molar-refractivity contribution in [3.05, 3.63) is 35.9 Å². The third-order valence-corrected chi connectivity index (χ3v) is 4.94. The molecule has 1 fully saturated rings. The maximum absolute atomic E-state index is 12.4. The first-order valence-corrected chi connectivity index (χ1v) is 8.81.